The number of rotatable bonds is 3. The molecule has 12 heavy (non-hydrogen) atoms. The van der Waals surface area contributed by atoms with E-state index in [1.165, 1.54) is 0 Å². The number of amidine groups is 1. The fourth-order valence-corrected chi connectivity index (χ4v) is 0.980. The van der Waals surface area contributed by atoms with Crippen molar-refractivity contribution in [2.75, 3.05) is 13.1 Å². The summed E-state index contributed by atoms with van der Waals surface area (Å²) < 4.78 is 1.95. The molecule has 0 aliphatic carbocycles. The first-order valence-corrected chi connectivity index (χ1v) is 3.92. The molecule has 4 nitrogen and oxygen atoms in total. The average Bonchev–Trinajstić information content (AvgIpc) is 2.07. The molecule has 0 radical (unpaired) electrons. The third-order valence-electron chi connectivity index (χ3n) is 1.59. The lowest BCUT2D eigenvalue weighted by Gasteiger charge is -2.02. The Morgan fingerprint density at radius 3 is 2.25 bits per heavy atom. The fraction of sp³-hybridized carbons (Fsp3) is 0.625. The first-order valence-electron chi connectivity index (χ1n) is 3.92. The van der Waals surface area contributed by atoms with Crippen molar-refractivity contribution in [1.29, 1.82) is 10.5 Å². The summed E-state index contributed by atoms with van der Waals surface area (Å²) in [5, 5.41) is 19.4. The quantitative estimate of drug-likeness (QED) is 0.217. The van der Waals surface area contributed by atoms with Crippen LogP contribution < -0.4 is 5.32 Å². The first kappa shape index (κ1) is 10.4. The minimum atomic E-state index is 0.259. The molecule has 4 heteroatoms. The van der Waals surface area contributed by atoms with Gasteiger partial charge >= 0.3 is 0 Å². The van der Waals surface area contributed by atoms with E-state index in [1.54, 1.807) is 0 Å². The van der Waals surface area contributed by atoms with E-state index in [0.29, 0.717) is 5.84 Å². The molecule has 0 heterocycles. The van der Waals surface area contributed by atoms with E-state index in [0.717, 1.165) is 13.1 Å². The number of nitrogens with one attached hydrogen (secondary N) is 1. The summed E-state index contributed by atoms with van der Waals surface area (Å²) in [5.74, 6) is 0.685. The Balaban J connectivity index is 4.55. The van der Waals surface area contributed by atoms with Gasteiger partial charge in [0, 0.05) is 0 Å². The molecule has 0 unspecified atom stereocenters. The summed E-state index contributed by atoms with van der Waals surface area (Å²) in [6, 6.07) is 2.01. The highest BCUT2D eigenvalue weighted by Gasteiger charge is 2.08. The smallest absolute Gasteiger partial charge is 0.265 e. The van der Waals surface area contributed by atoms with Gasteiger partial charge in [0.15, 0.2) is 0 Å². The van der Waals surface area contributed by atoms with E-state index >= 15 is 0 Å². The number of hydrogen-bond donors (Lipinski definition) is 1. The van der Waals surface area contributed by atoms with E-state index in [9.17, 15) is 0 Å². The highest BCUT2D eigenvalue weighted by molar-refractivity contribution is 5.80. The Morgan fingerprint density at radius 2 is 1.92 bits per heavy atom. The molecule has 0 aromatic heterocycles. The Labute approximate surface area is 72.7 Å². The minimum Gasteiger partial charge on any atom is -0.265 e. The minimum absolute atomic E-state index is 0.259. The third-order valence-corrected chi connectivity index (χ3v) is 1.59. The van der Waals surface area contributed by atoms with E-state index < -0.39 is 0 Å². The summed E-state index contributed by atoms with van der Waals surface area (Å²) >= 11 is 0. The maximum absolute atomic E-state index is 8.46. The van der Waals surface area contributed by atoms with Crippen molar-refractivity contribution in [2.45, 2.75) is 20.3 Å². The zero-order chi connectivity index (χ0) is 9.40. The van der Waals surface area contributed by atoms with Gasteiger partial charge < -0.3 is 0 Å². The fourth-order valence-electron chi connectivity index (χ4n) is 0.980. The molecule has 0 aliphatic heterocycles. The van der Waals surface area contributed by atoms with Crippen LogP contribution in [0.25, 0.3) is 0 Å². The first-order chi connectivity index (χ1) is 5.79. The van der Waals surface area contributed by atoms with E-state index in [-0.39, 0.29) is 6.42 Å². The molecule has 0 saturated heterocycles. The van der Waals surface area contributed by atoms with Crippen molar-refractivity contribution in [2.24, 2.45) is 0 Å². The summed E-state index contributed by atoms with van der Waals surface area (Å²) in [6.45, 7) is 5.59. The molecule has 1 N–H and O–H groups in total. The summed E-state index contributed by atoms with van der Waals surface area (Å²) in [6.07, 6.45) is 2.08. The van der Waals surface area contributed by atoms with Crippen LogP contribution in [0.5, 0.6) is 0 Å². The number of hydrogen-bond acceptors (Lipinski definition) is 2. The van der Waals surface area contributed by atoms with E-state index in [1.807, 2.05) is 30.7 Å². The highest BCUT2D eigenvalue weighted by Crippen LogP contribution is 1.83. The van der Waals surface area contributed by atoms with Gasteiger partial charge in [-0.2, -0.15) is 10.6 Å². The van der Waals surface area contributed by atoms with Crippen molar-refractivity contribution >= 4 is 5.84 Å². The van der Waals surface area contributed by atoms with Crippen LogP contribution in [0.1, 0.15) is 20.3 Å². The highest BCUT2D eigenvalue weighted by atomic mass is 15.1. The van der Waals surface area contributed by atoms with E-state index in [2.05, 4.69) is 5.32 Å². The van der Waals surface area contributed by atoms with Crippen LogP contribution in [0.3, 0.4) is 0 Å². The van der Waals surface area contributed by atoms with Crippen LogP contribution in [0, 0.1) is 22.8 Å². The average molecular weight is 165 g/mol. The molecule has 64 valence electrons. The molecule has 0 rings (SSSR count). The molecule has 0 bridgehead atoms. The molecular weight excluding hydrogens is 152 g/mol. The monoisotopic (exact) mass is 165 g/mol. The zero-order valence-electron chi connectivity index (χ0n) is 7.46. The van der Waals surface area contributed by atoms with Gasteiger partial charge in [-0.25, -0.2) is 0 Å². The van der Waals surface area contributed by atoms with Crippen LogP contribution >= 0.6 is 0 Å². The molecule has 0 amide bonds. The van der Waals surface area contributed by atoms with Crippen molar-refractivity contribution in [3.05, 3.63) is 0 Å². The Morgan fingerprint density at radius 1 is 1.33 bits per heavy atom. The standard InChI is InChI=1S/C8H12N4/c1-3-12(4-2)8(5-6-9)11-7-10/h3-5H2,1-2H3/p+1. The van der Waals surface area contributed by atoms with Gasteiger partial charge in [-0.15, -0.1) is 5.26 Å². The molecule has 0 spiro atoms. The molecule has 0 aromatic carbocycles. The van der Waals surface area contributed by atoms with Gasteiger partial charge in [0.05, 0.1) is 19.2 Å². The molecular formula is C8H13N4+. The normalized spacial score (nSPS) is 8.00. The lowest BCUT2D eigenvalue weighted by atomic mass is 10.4. The van der Waals surface area contributed by atoms with Gasteiger partial charge in [0.2, 0.25) is 0 Å². The van der Waals surface area contributed by atoms with Gasteiger partial charge in [-0.05, 0) is 13.8 Å². The molecule has 0 aliphatic rings. The topological polar surface area (TPSA) is 62.6 Å². The summed E-state index contributed by atoms with van der Waals surface area (Å²) in [4.78, 5) is 0. The van der Waals surface area contributed by atoms with Crippen LogP contribution in [0.4, 0.5) is 0 Å². The molecule has 0 saturated carbocycles. The van der Waals surface area contributed by atoms with Gasteiger partial charge in [-0.1, -0.05) is 0 Å². The third kappa shape index (κ3) is 3.03. The Bertz CT molecular complexity index is 217. The lowest BCUT2D eigenvalue weighted by molar-refractivity contribution is -0.523. The summed E-state index contributed by atoms with van der Waals surface area (Å²) in [5.41, 5.74) is 0. The predicted octanol–water partition coefficient (Wildman–Crippen LogP) is 0.422. The molecule has 0 atom stereocenters. The number of nitriles is 2. The maximum atomic E-state index is 8.46. The van der Waals surface area contributed by atoms with Crippen LogP contribution in [0.2, 0.25) is 0 Å². The van der Waals surface area contributed by atoms with Gasteiger partial charge in [0.25, 0.3) is 12.0 Å². The van der Waals surface area contributed by atoms with Crippen LogP contribution in [-0.4, -0.2) is 23.5 Å². The Hall–Kier alpha value is -1.55. The van der Waals surface area contributed by atoms with Gasteiger partial charge in [0.1, 0.15) is 6.42 Å². The lowest BCUT2D eigenvalue weighted by Crippen LogP contribution is -2.30. The Kier molecular flexibility index (Phi) is 5.38. The molecule has 0 aromatic rings. The second-order valence-electron chi connectivity index (χ2n) is 2.19. The molecule has 0 fully saturated rings. The zero-order valence-corrected chi connectivity index (χ0v) is 7.46. The SMILES string of the molecule is CC[N+](CC)=C(CC#N)NC#N. The van der Waals surface area contributed by atoms with Crippen molar-refractivity contribution in [3.8, 4) is 12.3 Å². The summed E-state index contributed by atoms with van der Waals surface area (Å²) in [7, 11) is 0. The van der Waals surface area contributed by atoms with Gasteiger partial charge in [-0.3, -0.25) is 4.58 Å². The van der Waals surface area contributed by atoms with Crippen molar-refractivity contribution in [1.82, 2.24) is 5.32 Å². The van der Waals surface area contributed by atoms with Crippen LogP contribution in [-0.2, 0) is 0 Å². The second-order valence-corrected chi connectivity index (χ2v) is 2.19. The second kappa shape index (κ2) is 6.18. The largest absolute Gasteiger partial charge is 0.288 e. The maximum Gasteiger partial charge on any atom is 0.288 e. The number of nitrogens with zero attached hydrogens (tertiary/aromatic N) is 3. The van der Waals surface area contributed by atoms with Crippen molar-refractivity contribution in [3.63, 3.8) is 0 Å². The van der Waals surface area contributed by atoms with Crippen molar-refractivity contribution < 1.29 is 4.58 Å². The predicted molar refractivity (Wildman–Crippen MR) is 45.3 cm³/mol. The van der Waals surface area contributed by atoms with E-state index in [4.69, 9.17) is 10.5 Å². The van der Waals surface area contributed by atoms with Crippen LogP contribution in [0.15, 0.2) is 0 Å².